The van der Waals surface area contributed by atoms with Crippen LogP contribution in [0, 0.1) is 35.0 Å². The Hall–Kier alpha value is -0.660. The van der Waals surface area contributed by atoms with E-state index in [4.69, 9.17) is 5.41 Å². The Bertz CT molecular complexity index is 272. The molecule has 2 heteroatoms. The Morgan fingerprint density at radius 3 is 2.31 bits per heavy atom. The van der Waals surface area contributed by atoms with Gasteiger partial charge in [0.25, 0.3) is 0 Å². The van der Waals surface area contributed by atoms with Crippen molar-refractivity contribution < 1.29 is 0 Å². The Morgan fingerprint density at radius 1 is 1.25 bits per heavy atom. The SMILES string of the molecule is CC(C)C(C=N)CC=NC(C)C1C2CCC21. The number of hydrogen-bond acceptors (Lipinski definition) is 2. The third-order valence-electron chi connectivity index (χ3n) is 4.58. The molecule has 1 N–H and O–H groups in total. The minimum Gasteiger partial charge on any atom is -0.313 e. The molecule has 2 saturated carbocycles. The minimum atomic E-state index is 0.367. The molecular formula is C14H24N2. The molecule has 0 saturated heterocycles. The van der Waals surface area contributed by atoms with Gasteiger partial charge in [0.2, 0.25) is 0 Å². The van der Waals surface area contributed by atoms with E-state index in [2.05, 4.69) is 32.0 Å². The van der Waals surface area contributed by atoms with Gasteiger partial charge in [-0.15, -0.1) is 0 Å². The van der Waals surface area contributed by atoms with Crippen molar-refractivity contribution in [2.24, 2.45) is 34.6 Å². The molecule has 2 aliphatic carbocycles. The zero-order valence-electron chi connectivity index (χ0n) is 10.7. The summed E-state index contributed by atoms with van der Waals surface area (Å²) in [6.07, 6.45) is 7.47. The van der Waals surface area contributed by atoms with Gasteiger partial charge in [0.15, 0.2) is 0 Å². The average molecular weight is 220 g/mol. The molecule has 0 aromatic rings. The van der Waals surface area contributed by atoms with E-state index in [1.165, 1.54) is 12.8 Å². The van der Waals surface area contributed by atoms with Crippen LogP contribution in [-0.2, 0) is 0 Å². The summed E-state index contributed by atoms with van der Waals surface area (Å²) in [6, 6.07) is 0.524. The van der Waals surface area contributed by atoms with Crippen LogP contribution in [0.15, 0.2) is 4.99 Å². The van der Waals surface area contributed by atoms with Crippen molar-refractivity contribution in [2.45, 2.75) is 46.1 Å². The average Bonchev–Trinajstić information content (AvgIpc) is 2.73. The summed E-state index contributed by atoms with van der Waals surface area (Å²) in [7, 11) is 0. The fraction of sp³-hybridized carbons (Fsp3) is 0.857. The summed E-state index contributed by atoms with van der Waals surface area (Å²) < 4.78 is 0. The highest BCUT2D eigenvalue weighted by Crippen LogP contribution is 2.63. The molecule has 0 spiro atoms. The van der Waals surface area contributed by atoms with Crippen LogP contribution in [0.2, 0.25) is 0 Å². The molecule has 2 nitrogen and oxygen atoms in total. The topological polar surface area (TPSA) is 36.2 Å². The molecule has 0 bridgehead atoms. The molecule has 0 aromatic carbocycles. The number of fused-ring (bicyclic) bond motifs is 1. The minimum absolute atomic E-state index is 0.367. The first-order valence-corrected chi connectivity index (χ1v) is 6.67. The van der Waals surface area contributed by atoms with Crippen LogP contribution in [0.25, 0.3) is 0 Å². The lowest BCUT2D eigenvalue weighted by molar-refractivity contribution is 0.468. The molecule has 2 rings (SSSR count). The molecule has 0 heterocycles. The third kappa shape index (κ3) is 2.21. The molecule has 4 atom stereocenters. The van der Waals surface area contributed by atoms with E-state index >= 15 is 0 Å². The van der Waals surface area contributed by atoms with Crippen LogP contribution >= 0.6 is 0 Å². The highest BCUT2D eigenvalue weighted by atomic mass is 14.8. The van der Waals surface area contributed by atoms with E-state index in [9.17, 15) is 0 Å². The number of aliphatic imine (C=N–C) groups is 1. The van der Waals surface area contributed by atoms with E-state index < -0.39 is 0 Å². The van der Waals surface area contributed by atoms with E-state index in [1.807, 2.05) is 0 Å². The zero-order valence-corrected chi connectivity index (χ0v) is 10.7. The van der Waals surface area contributed by atoms with Crippen molar-refractivity contribution in [1.82, 2.24) is 0 Å². The molecule has 90 valence electrons. The predicted molar refractivity (Wildman–Crippen MR) is 69.4 cm³/mol. The van der Waals surface area contributed by atoms with Crippen molar-refractivity contribution in [2.75, 3.05) is 0 Å². The van der Waals surface area contributed by atoms with Gasteiger partial charge in [-0.3, -0.25) is 4.99 Å². The van der Waals surface area contributed by atoms with Crippen molar-refractivity contribution in [3.8, 4) is 0 Å². The molecule has 2 aliphatic rings. The first-order chi connectivity index (χ1) is 7.65. The van der Waals surface area contributed by atoms with Gasteiger partial charge in [0.1, 0.15) is 0 Å². The van der Waals surface area contributed by atoms with Crippen LogP contribution in [0.5, 0.6) is 0 Å². The lowest BCUT2D eigenvalue weighted by atomic mass is 9.94. The van der Waals surface area contributed by atoms with Crippen molar-refractivity contribution in [3.63, 3.8) is 0 Å². The molecule has 0 amide bonds. The lowest BCUT2D eigenvalue weighted by Gasteiger charge is -2.12. The highest BCUT2D eigenvalue weighted by molar-refractivity contribution is 5.67. The summed E-state index contributed by atoms with van der Waals surface area (Å²) in [5.41, 5.74) is 0. The maximum atomic E-state index is 7.36. The molecule has 2 fully saturated rings. The second-order valence-corrected chi connectivity index (χ2v) is 5.86. The first-order valence-electron chi connectivity index (χ1n) is 6.67. The Labute approximate surface area is 99.1 Å². The Kier molecular flexibility index (Phi) is 3.46. The van der Waals surface area contributed by atoms with Gasteiger partial charge in [0.05, 0.1) is 6.04 Å². The monoisotopic (exact) mass is 220 g/mol. The number of rotatable bonds is 6. The molecule has 16 heavy (non-hydrogen) atoms. The van der Waals surface area contributed by atoms with Crippen molar-refractivity contribution in [1.29, 1.82) is 5.41 Å². The van der Waals surface area contributed by atoms with Crippen molar-refractivity contribution >= 4 is 12.4 Å². The van der Waals surface area contributed by atoms with Gasteiger partial charge < -0.3 is 5.41 Å². The largest absolute Gasteiger partial charge is 0.313 e. The lowest BCUT2D eigenvalue weighted by Crippen LogP contribution is -2.11. The van der Waals surface area contributed by atoms with Crippen LogP contribution in [0.3, 0.4) is 0 Å². The van der Waals surface area contributed by atoms with E-state index in [1.54, 1.807) is 6.21 Å². The van der Waals surface area contributed by atoms with Gasteiger partial charge >= 0.3 is 0 Å². The van der Waals surface area contributed by atoms with E-state index in [-0.39, 0.29) is 0 Å². The van der Waals surface area contributed by atoms with Gasteiger partial charge in [-0.1, -0.05) is 13.8 Å². The second kappa shape index (κ2) is 4.68. The van der Waals surface area contributed by atoms with Gasteiger partial charge in [0, 0.05) is 5.92 Å². The summed E-state index contributed by atoms with van der Waals surface area (Å²) in [5, 5.41) is 7.36. The van der Waals surface area contributed by atoms with Crippen molar-refractivity contribution in [3.05, 3.63) is 0 Å². The smallest absolute Gasteiger partial charge is 0.0501 e. The van der Waals surface area contributed by atoms with Gasteiger partial charge in [-0.2, -0.15) is 0 Å². The summed E-state index contributed by atoms with van der Waals surface area (Å²) in [4.78, 5) is 4.67. The molecule has 0 aliphatic heterocycles. The molecule has 4 unspecified atom stereocenters. The maximum absolute atomic E-state index is 7.36. The predicted octanol–water partition coefficient (Wildman–Crippen LogP) is 3.41. The standard InChI is InChI=1S/C14H24N2/c1-9(2)11(8-15)6-7-16-10(3)14-12-4-5-13(12)14/h7-15H,4-6H2,1-3H3. The maximum Gasteiger partial charge on any atom is 0.0501 e. The summed E-state index contributed by atoms with van der Waals surface area (Å²) in [6.45, 7) is 6.61. The first kappa shape index (κ1) is 11.8. The summed E-state index contributed by atoms with van der Waals surface area (Å²) >= 11 is 0. The second-order valence-electron chi connectivity index (χ2n) is 5.86. The molecule has 0 aromatic heterocycles. The quantitative estimate of drug-likeness (QED) is 0.666. The summed E-state index contributed by atoms with van der Waals surface area (Å²) in [5.74, 6) is 3.86. The van der Waals surface area contributed by atoms with E-state index in [0.29, 0.717) is 17.9 Å². The highest BCUT2D eigenvalue weighted by Gasteiger charge is 2.58. The third-order valence-corrected chi connectivity index (χ3v) is 4.58. The van der Waals surface area contributed by atoms with Crippen LogP contribution in [0.4, 0.5) is 0 Å². The molecule has 0 radical (unpaired) electrons. The normalized spacial score (nSPS) is 35.6. The Balaban J connectivity index is 1.74. The fourth-order valence-corrected chi connectivity index (χ4v) is 3.11. The zero-order chi connectivity index (χ0) is 11.7. The van der Waals surface area contributed by atoms with E-state index in [0.717, 1.165) is 24.2 Å². The van der Waals surface area contributed by atoms with Crippen LogP contribution in [0.1, 0.15) is 40.0 Å². The fourth-order valence-electron chi connectivity index (χ4n) is 3.11. The number of hydrogen-bond donors (Lipinski definition) is 1. The van der Waals surface area contributed by atoms with Gasteiger partial charge in [-0.25, -0.2) is 0 Å². The van der Waals surface area contributed by atoms with Gasteiger partial charge in [-0.05, 0) is 62.3 Å². The number of nitrogens with zero attached hydrogens (tertiary/aromatic N) is 1. The van der Waals surface area contributed by atoms with Crippen LogP contribution in [-0.4, -0.2) is 18.5 Å². The van der Waals surface area contributed by atoms with Crippen LogP contribution < -0.4 is 0 Å². The molecular weight excluding hydrogens is 196 g/mol. The Morgan fingerprint density at radius 2 is 1.88 bits per heavy atom. The number of nitrogens with one attached hydrogen (secondary N) is 1.